The number of hydrogen-bond acceptors (Lipinski definition) is 3. The Labute approximate surface area is 88.9 Å². The molecule has 0 saturated heterocycles. The number of aryl methyl sites for hydroxylation is 1. The largest absolute Gasteiger partial charge is 0.470 e. The number of aromatic nitrogens is 4. The second-order valence-electron chi connectivity index (χ2n) is 2.05. The Bertz CT molecular complexity index is 323. The molecule has 0 bridgehead atoms. The molecule has 0 atom stereocenters. The fraction of sp³-hybridized carbons (Fsp3) is 0.167. The van der Waals surface area contributed by atoms with Crippen molar-refractivity contribution in [2.45, 2.75) is 0 Å². The van der Waals surface area contributed by atoms with Gasteiger partial charge in [0.15, 0.2) is 0 Å². The van der Waals surface area contributed by atoms with Crippen molar-refractivity contribution in [3.8, 4) is 0 Å². The van der Waals surface area contributed by atoms with E-state index in [4.69, 9.17) is 0 Å². The van der Waals surface area contributed by atoms with Gasteiger partial charge in [0.1, 0.15) is 6.33 Å². The van der Waals surface area contributed by atoms with Crippen molar-refractivity contribution < 1.29 is 32.7 Å². The third-order valence-electron chi connectivity index (χ3n) is 1.25. The fourth-order valence-corrected chi connectivity index (χ4v) is 0.841. The molecule has 0 amide bonds. The van der Waals surface area contributed by atoms with Crippen LogP contribution in [0.3, 0.4) is 0 Å². The molecular formula is C6H5N4Y-. The third kappa shape index (κ3) is 1.63. The monoisotopic (exact) mass is 222 g/mol. The van der Waals surface area contributed by atoms with Crippen LogP contribution in [0.1, 0.15) is 0 Å². The van der Waals surface area contributed by atoms with Crippen LogP contribution in [0.15, 0.2) is 12.5 Å². The van der Waals surface area contributed by atoms with Crippen LogP contribution in [0.5, 0.6) is 0 Å². The molecule has 0 unspecified atom stereocenters. The summed E-state index contributed by atoms with van der Waals surface area (Å²) in [4.78, 5) is 3.98. The molecule has 0 aromatic carbocycles. The first kappa shape index (κ1) is 8.75. The van der Waals surface area contributed by atoms with Crippen LogP contribution in [-0.4, -0.2) is 19.7 Å². The normalized spacial score (nSPS) is 9.55. The maximum absolute atomic E-state index is 3.98. The maximum atomic E-state index is 3.98. The van der Waals surface area contributed by atoms with Crippen LogP contribution in [0.25, 0.3) is 11.0 Å². The van der Waals surface area contributed by atoms with E-state index in [1.165, 1.54) is 6.33 Å². The number of nitrogens with zero attached hydrogens (tertiary/aromatic N) is 4. The van der Waals surface area contributed by atoms with E-state index in [0.717, 1.165) is 5.52 Å². The molecule has 0 aliphatic rings. The van der Waals surface area contributed by atoms with Gasteiger partial charge in [-0.05, 0) is 12.6 Å². The summed E-state index contributed by atoms with van der Waals surface area (Å²) in [5.74, 6) is 0. The van der Waals surface area contributed by atoms with Crippen molar-refractivity contribution in [1.82, 2.24) is 19.7 Å². The van der Waals surface area contributed by atoms with Crippen molar-refractivity contribution in [3.63, 3.8) is 0 Å². The molecule has 0 fully saturated rings. The molecular weight excluding hydrogens is 217 g/mol. The Hall–Kier alpha value is -0.346. The summed E-state index contributed by atoms with van der Waals surface area (Å²) in [6, 6.07) is 0. The summed E-state index contributed by atoms with van der Waals surface area (Å²) in [6.45, 7) is 0. The molecule has 4 nitrogen and oxygen atoms in total. The summed E-state index contributed by atoms with van der Waals surface area (Å²) >= 11 is 0. The Balaban J connectivity index is 0.000000605. The molecule has 0 aliphatic heterocycles. The number of hydrogen-bond donors (Lipinski definition) is 0. The zero-order valence-electron chi connectivity index (χ0n) is 6.02. The summed E-state index contributed by atoms with van der Waals surface area (Å²) < 4.78 is 1.78. The standard InChI is InChI=1S/C6H5N4.Y/c1-10-2-5-6(3-10)9-8-4-7-5;/h2,4H,1H3;/q-1;. The predicted molar refractivity (Wildman–Crippen MR) is 35.1 cm³/mol. The van der Waals surface area contributed by atoms with Crippen molar-refractivity contribution in [1.29, 1.82) is 0 Å². The van der Waals surface area contributed by atoms with Crippen molar-refractivity contribution in [2.75, 3.05) is 0 Å². The zero-order valence-corrected chi connectivity index (χ0v) is 8.86. The molecule has 0 spiro atoms. The SMILES string of the molecule is Cn1[c-]c2nncnc2c1.[Y]. The van der Waals surface area contributed by atoms with Crippen LogP contribution in [0.4, 0.5) is 0 Å². The van der Waals surface area contributed by atoms with Crippen molar-refractivity contribution in [2.24, 2.45) is 7.05 Å². The minimum absolute atomic E-state index is 0. The van der Waals surface area contributed by atoms with E-state index in [0.29, 0.717) is 5.52 Å². The molecule has 2 heterocycles. The molecule has 11 heavy (non-hydrogen) atoms. The summed E-state index contributed by atoms with van der Waals surface area (Å²) in [5.41, 5.74) is 1.54. The van der Waals surface area contributed by atoms with Gasteiger partial charge in [-0.25, -0.2) is 0 Å². The minimum Gasteiger partial charge on any atom is -0.470 e. The minimum atomic E-state index is 0. The fourth-order valence-electron chi connectivity index (χ4n) is 0.841. The van der Waals surface area contributed by atoms with Gasteiger partial charge in [0.2, 0.25) is 0 Å². The van der Waals surface area contributed by atoms with Crippen LogP contribution >= 0.6 is 0 Å². The first-order valence-electron chi connectivity index (χ1n) is 2.88. The van der Waals surface area contributed by atoms with E-state index in [9.17, 15) is 0 Å². The van der Waals surface area contributed by atoms with E-state index in [-0.39, 0.29) is 32.7 Å². The van der Waals surface area contributed by atoms with Crippen molar-refractivity contribution in [3.05, 3.63) is 18.7 Å². The zero-order chi connectivity index (χ0) is 6.97. The molecule has 2 aromatic rings. The van der Waals surface area contributed by atoms with E-state index < -0.39 is 0 Å². The van der Waals surface area contributed by atoms with Crippen LogP contribution in [0.2, 0.25) is 0 Å². The number of rotatable bonds is 0. The van der Waals surface area contributed by atoms with E-state index in [1.54, 1.807) is 4.57 Å². The topological polar surface area (TPSA) is 43.6 Å². The summed E-state index contributed by atoms with van der Waals surface area (Å²) in [5, 5.41) is 7.43. The molecule has 0 aliphatic carbocycles. The van der Waals surface area contributed by atoms with E-state index in [1.807, 2.05) is 13.2 Å². The van der Waals surface area contributed by atoms with Gasteiger partial charge in [-0.1, -0.05) is 6.20 Å². The van der Waals surface area contributed by atoms with Gasteiger partial charge >= 0.3 is 0 Å². The second kappa shape index (κ2) is 3.37. The molecule has 1 radical (unpaired) electrons. The van der Waals surface area contributed by atoms with Gasteiger partial charge in [0.25, 0.3) is 0 Å². The molecule has 5 heteroatoms. The quantitative estimate of drug-likeness (QED) is 0.596. The maximum Gasteiger partial charge on any atom is 0.124 e. The Morgan fingerprint density at radius 2 is 2.36 bits per heavy atom. The average Bonchev–Trinajstić information content (AvgIpc) is 2.27. The van der Waals surface area contributed by atoms with E-state index in [2.05, 4.69) is 21.4 Å². The first-order chi connectivity index (χ1) is 4.86. The summed E-state index contributed by atoms with van der Waals surface area (Å²) in [7, 11) is 1.88. The Morgan fingerprint density at radius 1 is 1.55 bits per heavy atom. The van der Waals surface area contributed by atoms with Crippen LogP contribution < -0.4 is 0 Å². The molecule has 2 rings (SSSR count). The van der Waals surface area contributed by atoms with Gasteiger partial charge < -0.3 is 9.55 Å². The van der Waals surface area contributed by atoms with Crippen LogP contribution in [-0.2, 0) is 39.8 Å². The Morgan fingerprint density at radius 3 is 3.09 bits per heavy atom. The van der Waals surface area contributed by atoms with Gasteiger partial charge in [0, 0.05) is 38.2 Å². The average molecular weight is 222 g/mol. The Kier molecular flexibility index (Phi) is 2.68. The number of fused-ring (bicyclic) bond motifs is 1. The van der Waals surface area contributed by atoms with Crippen LogP contribution in [0, 0.1) is 6.20 Å². The second-order valence-corrected chi connectivity index (χ2v) is 2.05. The van der Waals surface area contributed by atoms with Gasteiger partial charge in [0.05, 0.1) is 0 Å². The van der Waals surface area contributed by atoms with Gasteiger partial charge in [-0.15, -0.1) is 11.3 Å². The van der Waals surface area contributed by atoms with E-state index >= 15 is 0 Å². The van der Waals surface area contributed by atoms with Gasteiger partial charge in [-0.3, -0.25) is 0 Å². The first-order valence-corrected chi connectivity index (χ1v) is 2.88. The molecule has 0 N–H and O–H groups in total. The molecule has 53 valence electrons. The van der Waals surface area contributed by atoms with Crippen molar-refractivity contribution >= 4 is 11.0 Å². The summed E-state index contributed by atoms with van der Waals surface area (Å²) in [6.07, 6.45) is 6.22. The third-order valence-corrected chi connectivity index (χ3v) is 1.25. The molecule has 2 aromatic heterocycles. The van der Waals surface area contributed by atoms with Gasteiger partial charge in [-0.2, -0.15) is 5.10 Å². The smallest absolute Gasteiger partial charge is 0.124 e. The molecule has 0 saturated carbocycles. The predicted octanol–water partition coefficient (Wildman–Crippen LogP) is 0.161.